The summed E-state index contributed by atoms with van der Waals surface area (Å²) in [6, 6.07) is 0.466. The number of rotatable bonds is 3. The van der Waals surface area contributed by atoms with Gasteiger partial charge in [-0.05, 0) is 32.4 Å². The molecule has 0 aliphatic carbocycles. The van der Waals surface area contributed by atoms with Crippen molar-refractivity contribution in [2.24, 2.45) is 5.73 Å². The average Bonchev–Trinajstić information content (AvgIpc) is 2.65. The maximum absolute atomic E-state index is 6.22. The zero-order chi connectivity index (χ0) is 11.5. The largest absolute Gasteiger partial charge is 0.326 e. The minimum Gasteiger partial charge on any atom is -0.326 e. The van der Waals surface area contributed by atoms with Gasteiger partial charge in [-0.15, -0.1) is 11.3 Å². The van der Waals surface area contributed by atoms with Crippen molar-refractivity contribution in [3.63, 3.8) is 0 Å². The highest BCUT2D eigenvalue weighted by atomic mass is 35.5. The van der Waals surface area contributed by atoms with Crippen molar-refractivity contribution >= 4 is 22.9 Å². The molecule has 2 atom stereocenters. The molecular formula is C11H18ClN3S. The fraction of sp³-hybridized carbons (Fsp3) is 0.727. The molecule has 1 saturated heterocycles. The topological polar surface area (TPSA) is 42.1 Å². The quantitative estimate of drug-likeness (QED) is 0.908. The summed E-state index contributed by atoms with van der Waals surface area (Å²) in [5, 5.41) is 1.07. The van der Waals surface area contributed by atoms with Crippen LogP contribution in [0.3, 0.4) is 0 Å². The molecule has 2 heterocycles. The van der Waals surface area contributed by atoms with Crippen molar-refractivity contribution in [3.05, 3.63) is 15.5 Å². The first-order valence-corrected chi connectivity index (χ1v) is 7.02. The molecule has 0 radical (unpaired) electrons. The van der Waals surface area contributed by atoms with Crippen LogP contribution in [0.25, 0.3) is 0 Å². The summed E-state index contributed by atoms with van der Waals surface area (Å²) >= 11 is 7.51. The molecule has 16 heavy (non-hydrogen) atoms. The van der Waals surface area contributed by atoms with Crippen LogP contribution >= 0.6 is 22.9 Å². The number of piperidine rings is 1. The van der Waals surface area contributed by atoms with E-state index in [0.717, 1.165) is 35.3 Å². The van der Waals surface area contributed by atoms with E-state index in [1.54, 1.807) is 17.5 Å². The van der Waals surface area contributed by atoms with Gasteiger partial charge in [0.25, 0.3) is 0 Å². The highest BCUT2D eigenvalue weighted by Gasteiger charge is 2.31. The van der Waals surface area contributed by atoms with Crippen molar-refractivity contribution in [1.82, 2.24) is 9.88 Å². The molecule has 0 bridgehead atoms. The normalized spacial score (nSPS) is 27.2. The van der Waals surface area contributed by atoms with Gasteiger partial charge >= 0.3 is 0 Å². The van der Waals surface area contributed by atoms with Crippen LogP contribution in [0.5, 0.6) is 0 Å². The van der Waals surface area contributed by atoms with E-state index in [-0.39, 0.29) is 12.1 Å². The van der Waals surface area contributed by atoms with Crippen LogP contribution in [0, 0.1) is 0 Å². The second-order valence-corrected chi connectivity index (χ2v) is 5.98. The summed E-state index contributed by atoms with van der Waals surface area (Å²) in [4.78, 5) is 6.84. The Kier molecular flexibility index (Phi) is 4.19. The number of hydrogen-bond donors (Lipinski definition) is 1. The van der Waals surface area contributed by atoms with Crippen LogP contribution < -0.4 is 5.73 Å². The van der Waals surface area contributed by atoms with Gasteiger partial charge in [-0.2, -0.15) is 0 Å². The van der Waals surface area contributed by atoms with Gasteiger partial charge in [-0.3, -0.25) is 4.90 Å². The van der Waals surface area contributed by atoms with Gasteiger partial charge in [0.15, 0.2) is 0 Å². The molecule has 0 aromatic carbocycles. The number of hydrogen-bond acceptors (Lipinski definition) is 4. The maximum Gasteiger partial charge on any atom is 0.113 e. The Labute approximate surface area is 106 Å². The number of thiazole rings is 1. The van der Waals surface area contributed by atoms with Crippen LogP contribution in [0.1, 0.15) is 37.2 Å². The first-order chi connectivity index (χ1) is 7.72. The van der Waals surface area contributed by atoms with Crippen molar-refractivity contribution in [1.29, 1.82) is 0 Å². The van der Waals surface area contributed by atoms with Crippen molar-refractivity contribution in [2.75, 3.05) is 13.1 Å². The van der Waals surface area contributed by atoms with E-state index in [4.69, 9.17) is 17.3 Å². The fourth-order valence-electron chi connectivity index (χ4n) is 2.38. The number of nitrogens with two attached hydrogens (primary N) is 1. The monoisotopic (exact) mass is 259 g/mol. The van der Waals surface area contributed by atoms with Crippen molar-refractivity contribution in [3.8, 4) is 0 Å². The number of halogens is 1. The first-order valence-electron chi connectivity index (χ1n) is 5.83. The fourth-order valence-corrected chi connectivity index (χ4v) is 3.52. The summed E-state index contributed by atoms with van der Waals surface area (Å²) < 4.78 is 0.754. The summed E-state index contributed by atoms with van der Waals surface area (Å²) in [5.74, 6) is 0. The maximum atomic E-state index is 6.22. The van der Waals surface area contributed by atoms with E-state index < -0.39 is 0 Å². The molecule has 1 aromatic rings. The summed E-state index contributed by atoms with van der Waals surface area (Å²) in [7, 11) is 0. The van der Waals surface area contributed by atoms with Gasteiger partial charge in [0.1, 0.15) is 9.34 Å². The molecule has 1 fully saturated rings. The van der Waals surface area contributed by atoms with E-state index in [2.05, 4.69) is 16.8 Å². The van der Waals surface area contributed by atoms with E-state index in [9.17, 15) is 0 Å². The second-order valence-electron chi connectivity index (χ2n) is 4.29. The van der Waals surface area contributed by atoms with Gasteiger partial charge in [-0.25, -0.2) is 4.98 Å². The van der Waals surface area contributed by atoms with E-state index >= 15 is 0 Å². The smallest absolute Gasteiger partial charge is 0.113 e. The lowest BCUT2D eigenvalue weighted by atomic mass is 9.97. The number of nitrogens with zero attached hydrogens (tertiary/aromatic N) is 2. The molecule has 90 valence electrons. The van der Waals surface area contributed by atoms with E-state index in [1.165, 1.54) is 6.42 Å². The molecule has 1 aliphatic heterocycles. The lowest BCUT2D eigenvalue weighted by Crippen LogP contribution is -2.46. The summed E-state index contributed by atoms with van der Waals surface area (Å²) in [6.07, 6.45) is 5.16. The van der Waals surface area contributed by atoms with Crippen LogP contribution in [-0.4, -0.2) is 29.0 Å². The van der Waals surface area contributed by atoms with Gasteiger partial charge in [0, 0.05) is 6.04 Å². The molecule has 2 unspecified atom stereocenters. The van der Waals surface area contributed by atoms with E-state index in [0.29, 0.717) is 0 Å². The van der Waals surface area contributed by atoms with Crippen molar-refractivity contribution in [2.45, 2.75) is 38.3 Å². The Bertz CT molecular complexity index is 340. The lowest BCUT2D eigenvalue weighted by molar-refractivity contribution is 0.128. The third-order valence-electron chi connectivity index (χ3n) is 3.04. The van der Waals surface area contributed by atoms with Gasteiger partial charge in [0.05, 0.1) is 12.2 Å². The SMILES string of the molecule is CCCN1CCCC(N)C1c1ncc(Cl)s1. The Balaban J connectivity index is 2.18. The predicted molar refractivity (Wildman–Crippen MR) is 68.9 cm³/mol. The van der Waals surface area contributed by atoms with Gasteiger partial charge < -0.3 is 5.73 Å². The second kappa shape index (κ2) is 5.45. The zero-order valence-electron chi connectivity index (χ0n) is 9.53. The number of likely N-dealkylation sites (tertiary alicyclic amines) is 1. The Morgan fingerprint density at radius 1 is 1.69 bits per heavy atom. The predicted octanol–water partition coefficient (Wildman–Crippen LogP) is 2.67. The summed E-state index contributed by atoms with van der Waals surface area (Å²) in [5.41, 5.74) is 6.22. The molecule has 2 rings (SSSR count). The highest BCUT2D eigenvalue weighted by Crippen LogP contribution is 2.33. The molecule has 0 amide bonds. The standard InChI is InChI=1S/C11H18ClN3S/c1-2-5-15-6-3-4-8(13)10(15)11-14-7-9(12)16-11/h7-8,10H,2-6,13H2,1H3. The molecule has 0 saturated carbocycles. The molecule has 2 N–H and O–H groups in total. The molecule has 1 aromatic heterocycles. The van der Waals surface area contributed by atoms with Crippen LogP contribution in [0.15, 0.2) is 6.20 Å². The lowest BCUT2D eigenvalue weighted by Gasteiger charge is -2.38. The highest BCUT2D eigenvalue weighted by molar-refractivity contribution is 7.15. The third-order valence-corrected chi connectivity index (χ3v) is 4.23. The molecule has 5 heteroatoms. The molecule has 0 spiro atoms. The van der Waals surface area contributed by atoms with Crippen molar-refractivity contribution < 1.29 is 0 Å². The Morgan fingerprint density at radius 2 is 2.50 bits per heavy atom. The third kappa shape index (κ3) is 2.56. The molecule has 1 aliphatic rings. The molecular weight excluding hydrogens is 242 g/mol. The van der Waals surface area contributed by atoms with Gasteiger partial charge in [-0.1, -0.05) is 18.5 Å². The number of aromatic nitrogens is 1. The Morgan fingerprint density at radius 3 is 3.12 bits per heavy atom. The van der Waals surface area contributed by atoms with E-state index in [1.807, 2.05) is 0 Å². The van der Waals surface area contributed by atoms with Gasteiger partial charge in [0.2, 0.25) is 0 Å². The average molecular weight is 260 g/mol. The zero-order valence-corrected chi connectivity index (χ0v) is 11.1. The Hall–Kier alpha value is -0.160. The minimum atomic E-state index is 0.197. The van der Waals surface area contributed by atoms with Crippen LogP contribution in [0.4, 0.5) is 0 Å². The first kappa shape index (κ1) is 12.3. The van der Waals surface area contributed by atoms with Crippen LogP contribution in [0.2, 0.25) is 4.34 Å². The molecule has 3 nitrogen and oxygen atoms in total. The minimum absolute atomic E-state index is 0.197. The van der Waals surface area contributed by atoms with Crippen LogP contribution in [-0.2, 0) is 0 Å². The summed E-state index contributed by atoms with van der Waals surface area (Å²) in [6.45, 7) is 4.42.